The van der Waals surface area contributed by atoms with E-state index in [0.717, 1.165) is 81.3 Å². The number of fused-ring (bicyclic) bond motifs is 2. The van der Waals surface area contributed by atoms with Gasteiger partial charge in [-0.15, -0.1) is 17.5 Å². The van der Waals surface area contributed by atoms with Crippen LogP contribution >= 0.6 is 47.2 Å². The van der Waals surface area contributed by atoms with Gasteiger partial charge in [-0.1, -0.05) is 34.8 Å². The highest BCUT2D eigenvalue weighted by atomic mass is 35.5. The molecule has 4 fully saturated rings. The minimum Gasteiger partial charge on any atom is -0.355 e. The largest absolute Gasteiger partial charge is 0.355 e. The van der Waals surface area contributed by atoms with Gasteiger partial charge in [0.2, 0.25) is 20.0 Å². The summed E-state index contributed by atoms with van der Waals surface area (Å²) in [6, 6.07) is 15.9. The number of amides is 2. The molecule has 0 radical (unpaired) electrons. The van der Waals surface area contributed by atoms with Gasteiger partial charge in [0, 0.05) is 36.2 Å². The average molecular weight is 1050 g/mol. The van der Waals surface area contributed by atoms with E-state index < -0.39 is 20.0 Å². The smallest absolute Gasteiger partial charge is 0.256 e. The first-order chi connectivity index (χ1) is 32.0. The number of anilines is 3. The number of halogens is 4. The van der Waals surface area contributed by atoms with Crippen LogP contribution in [-0.2, 0) is 20.0 Å². The fraction of sp³-hybridized carbons (Fsp3) is 0.409. The molecule has 4 aliphatic rings. The zero-order valence-electron chi connectivity index (χ0n) is 37.3. The summed E-state index contributed by atoms with van der Waals surface area (Å²) in [6.07, 6.45) is 13.4. The summed E-state index contributed by atoms with van der Waals surface area (Å²) in [5.41, 5.74) is 3.68. The molecule has 364 valence electrons. The molecule has 4 saturated heterocycles. The van der Waals surface area contributed by atoms with Crippen LogP contribution in [0.25, 0.3) is 11.3 Å². The SMILES string of the molecule is C1CNC1.CS(=O)(=O)Nc1ccc(Cl)cc1C(=O)N1CCCC[C@H]1c1cn2nc(Cl)ccc2n1.CS(=O)(=O)Nc1ccc(Cl)cc1C(=O)N1CCCC[C@H]1c1cn2nc(N3CCC3)ccc2n1.Cl. The number of piperidine rings is 2. The summed E-state index contributed by atoms with van der Waals surface area (Å²) in [7, 11) is -7.12. The Bertz CT molecular complexity index is 3020. The molecule has 0 spiro atoms. The van der Waals surface area contributed by atoms with Gasteiger partial charge in [0.25, 0.3) is 11.8 Å². The second kappa shape index (κ2) is 21.8. The van der Waals surface area contributed by atoms with E-state index in [1.807, 2.05) is 18.3 Å². The monoisotopic (exact) mass is 1050 g/mol. The standard InChI is InChI=1S/C22H25ClN6O3S.C19H19Cl2N5O3S.C3H7N.ClH/c1-33(31,32)26-17-7-6-15(23)13-16(17)22(30)28-12-3-2-5-19(28)18-14-29-20(24-18)8-9-21(25-29)27-10-4-11-27;1-30(28,29)24-14-6-5-12(20)10-13(14)19(27)25-9-3-2-4-16(25)15-11-26-18(22-15)8-7-17(21)23-26;1-2-4-3-1;/h6-9,13-14,19,26H,2-5,10-12H2,1H3;5-8,10-11,16,24H,2-4,9H2,1H3;4H,1-3H2;1H/t19-;16-;;/m00../s1. The van der Waals surface area contributed by atoms with Crippen molar-refractivity contribution in [2.45, 2.75) is 63.5 Å². The summed E-state index contributed by atoms with van der Waals surface area (Å²) >= 11 is 18.2. The number of carbonyl (C=O) groups excluding carboxylic acids is 2. The Labute approximate surface area is 416 Å². The van der Waals surface area contributed by atoms with Crippen molar-refractivity contribution in [2.75, 3.05) is 66.1 Å². The number of imidazole rings is 2. The van der Waals surface area contributed by atoms with Gasteiger partial charge in [0.05, 0.1) is 70.9 Å². The molecule has 10 rings (SSSR count). The molecule has 6 aromatic rings. The third-order valence-corrected chi connectivity index (χ3v) is 13.6. The Morgan fingerprint density at radius 2 is 1.07 bits per heavy atom. The number of hydrogen-bond donors (Lipinski definition) is 3. The van der Waals surface area contributed by atoms with Crippen molar-refractivity contribution >= 4 is 108 Å². The van der Waals surface area contributed by atoms with E-state index in [2.05, 4.69) is 34.8 Å². The molecule has 4 aliphatic heterocycles. The summed E-state index contributed by atoms with van der Waals surface area (Å²) in [5.74, 6) is 0.334. The van der Waals surface area contributed by atoms with E-state index in [9.17, 15) is 26.4 Å². The molecule has 8 heterocycles. The summed E-state index contributed by atoms with van der Waals surface area (Å²) in [6.45, 7) is 5.59. The van der Waals surface area contributed by atoms with Crippen molar-refractivity contribution in [3.8, 4) is 0 Å². The van der Waals surface area contributed by atoms with Gasteiger partial charge in [0.1, 0.15) is 11.0 Å². The van der Waals surface area contributed by atoms with Crippen molar-refractivity contribution in [3.63, 3.8) is 0 Å². The Morgan fingerprint density at radius 3 is 1.50 bits per heavy atom. The number of nitrogens with zero attached hydrogens (tertiary/aromatic N) is 9. The molecule has 0 unspecified atom stereocenters. The molecule has 0 saturated carbocycles. The highest BCUT2D eigenvalue weighted by molar-refractivity contribution is 7.92. The highest BCUT2D eigenvalue weighted by Crippen LogP contribution is 2.36. The van der Waals surface area contributed by atoms with E-state index >= 15 is 0 Å². The Hall–Kier alpha value is -4.96. The van der Waals surface area contributed by atoms with Crippen molar-refractivity contribution in [3.05, 3.63) is 111 Å². The van der Waals surface area contributed by atoms with Gasteiger partial charge in [-0.2, -0.15) is 5.10 Å². The van der Waals surface area contributed by atoms with Crippen LogP contribution in [0.3, 0.4) is 0 Å². The maximum Gasteiger partial charge on any atom is 0.256 e. The lowest BCUT2D eigenvalue weighted by molar-refractivity contribution is 0.0601. The lowest BCUT2D eigenvalue weighted by Crippen LogP contribution is -2.39. The van der Waals surface area contributed by atoms with Gasteiger partial charge in [-0.3, -0.25) is 19.0 Å². The molecule has 0 aliphatic carbocycles. The van der Waals surface area contributed by atoms with E-state index in [4.69, 9.17) is 39.8 Å². The summed E-state index contributed by atoms with van der Waals surface area (Å²) in [4.78, 5) is 42.2. The maximum atomic E-state index is 13.6. The quantitative estimate of drug-likeness (QED) is 0.129. The molecule has 0 bridgehead atoms. The molecular weight excluding hydrogens is 999 g/mol. The minimum atomic E-state index is -3.56. The second-order valence-electron chi connectivity index (χ2n) is 16.9. The number of likely N-dealkylation sites (tertiary alicyclic amines) is 2. The molecule has 2 amide bonds. The molecule has 4 aromatic heterocycles. The highest BCUT2D eigenvalue weighted by Gasteiger charge is 2.34. The summed E-state index contributed by atoms with van der Waals surface area (Å²) < 4.78 is 55.4. The first-order valence-corrected chi connectivity index (χ1v) is 26.9. The molecule has 3 N–H and O–H groups in total. The van der Waals surface area contributed by atoms with Crippen LogP contribution in [0.1, 0.15) is 95.6 Å². The molecule has 24 heteroatoms. The van der Waals surface area contributed by atoms with Crippen molar-refractivity contribution in [1.82, 2.24) is 44.3 Å². The number of hydrogen-bond acceptors (Lipinski definition) is 12. The van der Waals surface area contributed by atoms with Crippen LogP contribution < -0.4 is 19.7 Å². The van der Waals surface area contributed by atoms with Gasteiger partial charge in [-0.25, -0.2) is 35.8 Å². The third-order valence-electron chi connectivity index (χ3n) is 11.7. The molecule has 18 nitrogen and oxygen atoms in total. The first kappa shape index (κ1) is 50.9. The fourth-order valence-electron chi connectivity index (χ4n) is 8.22. The van der Waals surface area contributed by atoms with E-state index in [-0.39, 0.29) is 58.8 Å². The third kappa shape index (κ3) is 12.4. The van der Waals surface area contributed by atoms with Crippen LogP contribution in [0.2, 0.25) is 15.2 Å². The topological polar surface area (TPSA) is 209 Å². The van der Waals surface area contributed by atoms with Crippen LogP contribution in [-0.4, -0.2) is 119 Å². The number of aromatic nitrogens is 6. The first-order valence-electron chi connectivity index (χ1n) is 22.0. The molecule has 2 aromatic carbocycles. The number of rotatable bonds is 9. The van der Waals surface area contributed by atoms with Crippen molar-refractivity contribution < 1.29 is 26.4 Å². The van der Waals surface area contributed by atoms with Crippen LogP contribution in [0.5, 0.6) is 0 Å². The second-order valence-corrected chi connectivity index (χ2v) is 21.6. The zero-order valence-corrected chi connectivity index (χ0v) is 42.0. The van der Waals surface area contributed by atoms with Gasteiger partial charge >= 0.3 is 0 Å². The van der Waals surface area contributed by atoms with Crippen LogP contribution in [0.4, 0.5) is 17.2 Å². The Morgan fingerprint density at radius 1 is 0.618 bits per heavy atom. The van der Waals surface area contributed by atoms with Crippen molar-refractivity contribution in [1.29, 1.82) is 0 Å². The zero-order chi connectivity index (χ0) is 47.5. The average Bonchev–Trinajstić information content (AvgIpc) is 3.87. The minimum absolute atomic E-state index is 0. The molecule has 68 heavy (non-hydrogen) atoms. The number of benzene rings is 2. The maximum absolute atomic E-state index is 13.6. The van der Waals surface area contributed by atoms with Crippen LogP contribution in [0, 0.1) is 0 Å². The van der Waals surface area contributed by atoms with Crippen LogP contribution in [0.15, 0.2) is 73.1 Å². The normalized spacial score (nSPS) is 18.2. The predicted octanol–water partition coefficient (Wildman–Crippen LogP) is 7.51. The van der Waals surface area contributed by atoms with E-state index in [1.165, 1.54) is 56.3 Å². The summed E-state index contributed by atoms with van der Waals surface area (Å²) in [5, 5.41) is 13.1. The predicted molar refractivity (Wildman–Crippen MR) is 268 cm³/mol. The number of sulfonamides is 2. The van der Waals surface area contributed by atoms with Gasteiger partial charge in [-0.05, 0) is 125 Å². The Balaban J connectivity index is 0.000000184. The molecule has 2 atom stereocenters. The number of nitrogens with one attached hydrogen (secondary N) is 3. The van der Waals surface area contributed by atoms with Gasteiger partial charge < -0.3 is 20.0 Å². The fourth-order valence-corrected chi connectivity index (χ4v) is 9.86. The lowest BCUT2D eigenvalue weighted by atomic mass is 9.98. The molecular formula is C44H52Cl4N12O6S2. The number of carbonyl (C=O) groups is 2. The van der Waals surface area contributed by atoms with E-state index in [0.29, 0.717) is 39.6 Å². The van der Waals surface area contributed by atoms with Gasteiger partial charge in [0.15, 0.2) is 11.3 Å². The van der Waals surface area contributed by atoms with E-state index in [1.54, 1.807) is 43.2 Å². The van der Waals surface area contributed by atoms with Crippen molar-refractivity contribution in [2.24, 2.45) is 0 Å². The lowest BCUT2D eigenvalue weighted by Gasteiger charge is -2.35. The Kier molecular flexibility index (Phi) is 16.3.